The minimum atomic E-state index is -1.73. The van der Waals surface area contributed by atoms with Gasteiger partial charge < -0.3 is 0 Å². The molecule has 0 heterocycles. The van der Waals surface area contributed by atoms with Crippen molar-refractivity contribution in [1.29, 1.82) is 0 Å². The smallest absolute Gasteiger partial charge is 0.132 e. The molecule has 0 aliphatic heterocycles. The molecule has 1 nitrogen and oxygen atoms in total. The van der Waals surface area contributed by atoms with Gasteiger partial charge in [-0.25, -0.2) is 0 Å². The number of Topliss-reactive ketones (excluding diaryl/α,β-unsaturated/α-hetero) is 1. The van der Waals surface area contributed by atoms with Crippen LogP contribution in [0.25, 0.3) is 0 Å². The normalized spacial score (nSPS) is 17.7. The first-order valence-electron chi connectivity index (χ1n) is 10.9. The third-order valence-electron chi connectivity index (χ3n) is 6.36. The molecule has 0 aromatic heterocycles. The molecule has 4 rings (SSSR count). The van der Waals surface area contributed by atoms with Crippen molar-refractivity contribution in [2.45, 2.75) is 38.5 Å². The second-order valence-electron chi connectivity index (χ2n) is 8.16. The number of carbonyl (C=O) groups excluding carboxylic acids is 1. The van der Waals surface area contributed by atoms with E-state index in [-0.39, 0.29) is 0 Å². The summed E-state index contributed by atoms with van der Waals surface area (Å²) in [6, 6.07) is 33.4. The first-order chi connectivity index (χ1) is 14.3. The van der Waals surface area contributed by atoms with Gasteiger partial charge in [-0.1, -0.05) is 54.6 Å². The number of benzene rings is 3. The summed E-state index contributed by atoms with van der Waals surface area (Å²) in [5.41, 5.74) is 0. The van der Waals surface area contributed by atoms with Crippen molar-refractivity contribution in [2.24, 2.45) is 5.92 Å². The van der Waals surface area contributed by atoms with Crippen LogP contribution in [-0.2, 0) is 4.79 Å². The molecule has 0 radical (unpaired) electrons. The molecule has 0 saturated heterocycles. The molecule has 0 bridgehead atoms. The zero-order valence-electron chi connectivity index (χ0n) is 17.0. The van der Waals surface area contributed by atoms with Gasteiger partial charge in [-0.15, -0.1) is 0 Å². The lowest BCUT2D eigenvalue weighted by atomic mass is 9.98. The van der Waals surface area contributed by atoms with E-state index >= 15 is 0 Å². The van der Waals surface area contributed by atoms with E-state index in [2.05, 4.69) is 91.0 Å². The third kappa shape index (κ3) is 4.51. The molecule has 1 fully saturated rings. The van der Waals surface area contributed by atoms with Crippen molar-refractivity contribution in [3.63, 3.8) is 0 Å². The number of rotatable bonds is 6. The molecule has 1 unspecified atom stereocenters. The van der Waals surface area contributed by atoms with Crippen molar-refractivity contribution in [3.8, 4) is 0 Å². The number of ketones is 1. The number of hydrogen-bond donors (Lipinski definition) is 0. The van der Waals surface area contributed by atoms with E-state index in [1.807, 2.05) is 0 Å². The number of hydrogen-bond acceptors (Lipinski definition) is 1. The first kappa shape index (κ1) is 20.0. The summed E-state index contributed by atoms with van der Waals surface area (Å²) in [6.07, 6.45) is 7.26. The van der Waals surface area contributed by atoms with Crippen molar-refractivity contribution in [1.82, 2.24) is 0 Å². The molecule has 148 valence electrons. The molecule has 3 aromatic carbocycles. The van der Waals surface area contributed by atoms with E-state index in [1.54, 1.807) is 0 Å². The summed E-state index contributed by atoms with van der Waals surface area (Å²) in [5.74, 6) is 1.12. The summed E-state index contributed by atoms with van der Waals surface area (Å²) in [5, 5.41) is 4.38. The van der Waals surface area contributed by atoms with Crippen molar-refractivity contribution >= 4 is 29.0 Å². The largest absolute Gasteiger partial charge is 0.300 e. The highest BCUT2D eigenvalue weighted by atomic mass is 31.2. The van der Waals surface area contributed by atoms with Crippen LogP contribution < -0.4 is 15.9 Å². The maximum atomic E-state index is 11.9. The standard InChI is InChI=1S/C27H30OP/c28-24-12-10-11-23(19-20-24)21-22-29(25-13-4-1-5-14-25,26-15-6-2-7-16-26)27-17-8-3-9-18-27/h1-9,13-18,23H,10-12,19-22H2/q+1. The molecule has 0 spiro atoms. The predicted octanol–water partition coefficient (Wildman–Crippen LogP) is 5.52. The fourth-order valence-corrected chi connectivity index (χ4v) is 9.23. The zero-order valence-corrected chi connectivity index (χ0v) is 17.9. The second kappa shape index (κ2) is 9.51. The van der Waals surface area contributed by atoms with E-state index in [4.69, 9.17) is 0 Å². The van der Waals surface area contributed by atoms with E-state index in [0.717, 1.165) is 25.7 Å². The summed E-state index contributed by atoms with van der Waals surface area (Å²) in [6.45, 7) is 0. The van der Waals surface area contributed by atoms with Crippen LogP contribution in [0.5, 0.6) is 0 Å². The van der Waals surface area contributed by atoms with Gasteiger partial charge in [0, 0.05) is 12.8 Å². The van der Waals surface area contributed by atoms with Gasteiger partial charge in [0.05, 0.1) is 6.16 Å². The van der Waals surface area contributed by atoms with Gasteiger partial charge in [-0.05, 0) is 68.0 Å². The monoisotopic (exact) mass is 401 g/mol. The minimum Gasteiger partial charge on any atom is -0.300 e. The Morgan fingerprint density at radius 3 is 1.62 bits per heavy atom. The van der Waals surface area contributed by atoms with Crippen LogP contribution in [0, 0.1) is 5.92 Å². The summed E-state index contributed by atoms with van der Waals surface area (Å²) in [4.78, 5) is 11.9. The Balaban J connectivity index is 1.76. The predicted molar refractivity (Wildman–Crippen MR) is 126 cm³/mol. The molecule has 29 heavy (non-hydrogen) atoms. The van der Waals surface area contributed by atoms with Crippen molar-refractivity contribution in [3.05, 3.63) is 91.0 Å². The van der Waals surface area contributed by atoms with Gasteiger partial charge in [0.1, 0.15) is 29.0 Å². The summed E-state index contributed by atoms with van der Waals surface area (Å²) in [7, 11) is -1.73. The molecule has 1 saturated carbocycles. The van der Waals surface area contributed by atoms with E-state index in [0.29, 0.717) is 11.7 Å². The topological polar surface area (TPSA) is 17.1 Å². The second-order valence-corrected chi connectivity index (χ2v) is 11.8. The van der Waals surface area contributed by atoms with E-state index < -0.39 is 7.26 Å². The van der Waals surface area contributed by atoms with E-state index in [9.17, 15) is 4.79 Å². The van der Waals surface area contributed by atoms with Crippen LogP contribution in [-0.4, -0.2) is 11.9 Å². The average Bonchev–Trinajstić information content (AvgIpc) is 3.00. The van der Waals surface area contributed by atoms with Gasteiger partial charge >= 0.3 is 0 Å². The van der Waals surface area contributed by atoms with Crippen LogP contribution in [0.1, 0.15) is 38.5 Å². The van der Waals surface area contributed by atoms with Crippen molar-refractivity contribution in [2.75, 3.05) is 6.16 Å². The van der Waals surface area contributed by atoms with Crippen LogP contribution >= 0.6 is 7.26 Å². The molecule has 1 aliphatic carbocycles. The van der Waals surface area contributed by atoms with Crippen LogP contribution in [0.15, 0.2) is 91.0 Å². The minimum absolute atomic E-state index is 0.461. The molecule has 0 N–H and O–H groups in total. The maximum absolute atomic E-state index is 11.9. The molecule has 3 aromatic rings. The third-order valence-corrected chi connectivity index (χ3v) is 10.8. The fraction of sp³-hybridized carbons (Fsp3) is 0.296. The Labute approximate surface area is 175 Å². The van der Waals surface area contributed by atoms with Crippen molar-refractivity contribution < 1.29 is 4.79 Å². The van der Waals surface area contributed by atoms with Gasteiger partial charge in [-0.2, -0.15) is 0 Å². The Morgan fingerprint density at radius 2 is 1.14 bits per heavy atom. The lowest BCUT2D eigenvalue weighted by Gasteiger charge is -2.29. The Kier molecular flexibility index (Phi) is 6.57. The Bertz CT molecular complexity index is 808. The van der Waals surface area contributed by atoms with E-state index in [1.165, 1.54) is 34.9 Å². The first-order valence-corrected chi connectivity index (χ1v) is 12.8. The highest BCUT2D eigenvalue weighted by Gasteiger charge is 2.45. The molecular weight excluding hydrogens is 371 g/mol. The lowest BCUT2D eigenvalue weighted by Crippen LogP contribution is -2.34. The molecular formula is C27H30OP+. The summed E-state index contributed by atoms with van der Waals surface area (Å²) >= 11 is 0. The molecule has 0 amide bonds. The van der Waals surface area contributed by atoms with Gasteiger partial charge in [0.2, 0.25) is 0 Å². The van der Waals surface area contributed by atoms with Crippen LogP contribution in [0.4, 0.5) is 0 Å². The number of carbonyl (C=O) groups is 1. The average molecular weight is 402 g/mol. The van der Waals surface area contributed by atoms with Gasteiger partial charge in [0.15, 0.2) is 0 Å². The zero-order chi connectivity index (χ0) is 19.9. The SMILES string of the molecule is O=C1CCCC(CC[P+](c2ccccc2)(c2ccccc2)c2ccccc2)CC1. The highest BCUT2D eigenvalue weighted by Crippen LogP contribution is 2.56. The fourth-order valence-electron chi connectivity index (χ4n) is 4.77. The van der Waals surface area contributed by atoms with Gasteiger partial charge in [-0.3, -0.25) is 4.79 Å². The van der Waals surface area contributed by atoms with Crippen LogP contribution in [0.3, 0.4) is 0 Å². The Morgan fingerprint density at radius 1 is 0.655 bits per heavy atom. The van der Waals surface area contributed by atoms with Crippen LogP contribution in [0.2, 0.25) is 0 Å². The molecule has 1 aliphatic rings. The molecule has 1 atom stereocenters. The summed E-state index contributed by atoms with van der Waals surface area (Å²) < 4.78 is 0. The highest BCUT2D eigenvalue weighted by molar-refractivity contribution is 7.95. The molecule has 2 heteroatoms. The maximum Gasteiger partial charge on any atom is 0.132 e. The Hall–Kier alpha value is -2.24. The van der Waals surface area contributed by atoms with Gasteiger partial charge in [0.25, 0.3) is 0 Å². The lowest BCUT2D eigenvalue weighted by molar-refractivity contribution is -0.118. The quantitative estimate of drug-likeness (QED) is 0.393.